The SMILES string of the molecule is CCN(CCC(=O)O)Cc1c[nH]c2ccccc12. The summed E-state index contributed by atoms with van der Waals surface area (Å²) in [7, 11) is 0. The summed E-state index contributed by atoms with van der Waals surface area (Å²) in [6, 6.07) is 8.16. The van der Waals surface area contributed by atoms with Crippen molar-refractivity contribution in [2.45, 2.75) is 19.9 Å². The molecule has 18 heavy (non-hydrogen) atoms. The number of aromatic amines is 1. The van der Waals surface area contributed by atoms with Crippen molar-refractivity contribution in [2.24, 2.45) is 0 Å². The molecule has 0 amide bonds. The van der Waals surface area contributed by atoms with Gasteiger partial charge in [0, 0.05) is 30.2 Å². The summed E-state index contributed by atoms with van der Waals surface area (Å²) < 4.78 is 0. The summed E-state index contributed by atoms with van der Waals surface area (Å²) in [4.78, 5) is 16.0. The number of aromatic nitrogens is 1. The van der Waals surface area contributed by atoms with Crippen LogP contribution in [0.4, 0.5) is 0 Å². The number of carboxylic acid groups (broad SMARTS) is 1. The number of nitrogens with one attached hydrogen (secondary N) is 1. The van der Waals surface area contributed by atoms with Gasteiger partial charge in [-0.1, -0.05) is 25.1 Å². The largest absolute Gasteiger partial charge is 0.481 e. The maximum Gasteiger partial charge on any atom is 0.304 e. The molecule has 0 saturated carbocycles. The van der Waals surface area contributed by atoms with Crippen LogP contribution in [0.5, 0.6) is 0 Å². The van der Waals surface area contributed by atoms with Gasteiger partial charge in [-0.25, -0.2) is 0 Å². The van der Waals surface area contributed by atoms with Crippen LogP contribution in [0.1, 0.15) is 18.9 Å². The summed E-state index contributed by atoms with van der Waals surface area (Å²) in [6.45, 7) is 4.28. The first-order valence-electron chi connectivity index (χ1n) is 6.20. The Bertz CT molecular complexity index is 533. The molecule has 2 aromatic rings. The van der Waals surface area contributed by atoms with Gasteiger partial charge in [0.05, 0.1) is 6.42 Å². The van der Waals surface area contributed by atoms with Crippen molar-refractivity contribution in [1.29, 1.82) is 0 Å². The van der Waals surface area contributed by atoms with E-state index in [0.717, 1.165) is 18.6 Å². The van der Waals surface area contributed by atoms with Crippen molar-refractivity contribution >= 4 is 16.9 Å². The second-order valence-electron chi connectivity index (χ2n) is 4.37. The van der Waals surface area contributed by atoms with E-state index in [9.17, 15) is 4.79 Å². The second-order valence-corrected chi connectivity index (χ2v) is 4.37. The fraction of sp³-hybridized carbons (Fsp3) is 0.357. The lowest BCUT2D eigenvalue weighted by molar-refractivity contribution is -0.137. The molecule has 4 heteroatoms. The smallest absolute Gasteiger partial charge is 0.304 e. The molecule has 96 valence electrons. The molecule has 2 N–H and O–H groups in total. The third kappa shape index (κ3) is 2.90. The van der Waals surface area contributed by atoms with Crippen LogP contribution in [0.2, 0.25) is 0 Å². The second kappa shape index (κ2) is 5.69. The average Bonchev–Trinajstić information content (AvgIpc) is 2.77. The van der Waals surface area contributed by atoms with E-state index in [1.54, 1.807) is 0 Å². The van der Waals surface area contributed by atoms with Gasteiger partial charge < -0.3 is 10.1 Å². The molecule has 0 aliphatic rings. The Labute approximate surface area is 106 Å². The van der Waals surface area contributed by atoms with Gasteiger partial charge in [0.1, 0.15) is 0 Å². The Morgan fingerprint density at radius 2 is 2.17 bits per heavy atom. The van der Waals surface area contributed by atoms with Crippen molar-refractivity contribution in [3.63, 3.8) is 0 Å². The standard InChI is InChI=1S/C14H18N2O2/c1-2-16(8-7-14(17)18)10-11-9-15-13-6-4-3-5-12(11)13/h3-6,9,15H,2,7-8,10H2,1H3,(H,17,18). The number of para-hydroxylation sites is 1. The van der Waals surface area contributed by atoms with Crippen LogP contribution >= 0.6 is 0 Å². The molecule has 0 aliphatic carbocycles. The molecule has 0 radical (unpaired) electrons. The van der Waals surface area contributed by atoms with Crippen molar-refractivity contribution in [3.8, 4) is 0 Å². The maximum absolute atomic E-state index is 10.6. The Hall–Kier alpha value is -1.81. The Balaban J connectivity index is 2.09. The van der Waals surface area contributed by atoms with Gasteiger partial charge in [-0.15, -0.1) is 0 Å². The highest BCUT2D eigenvalue weighted by Gasteiger charge is 2.09. The monoisotopic (exact) mass is 246 g/mol. The van der Waals surface area contributed by atoms with Crippen LogP contribution in [-0.2, 0) is 11.3 Å². The molecule has 0 atom stereocenters. The molecule has 0 fully saturated rings. The van der Waals surface area contributed by atoms with E-state index in [1.165, 1.54) is 10.9 Å². The molecule has 0 spiro atoms. The van der Waals surface area contributed by atoms with Gasteiger partial charge in [-0.3, -0.25) is 9.69 Å². The summed E-state index contributed by atoms with van der Waals surface area (Å²) >= 11 is 0. The molecule has 1 heterocycles. The van der Waals surface area contributed by atoms with Crippen LogP contribution < -0.4 is 0 Å². The number of hydrogen-bond acceptors (Lipinski definition) is 2. The van der Waals surface area contributed by atoms with Gasteiger partial charge >= 0.3 is 5.97 Å². The highest BCUT2D eigenvalue weighted by atomic mass is 16.4. The molecule has 0 unspecified atom stereocenters. The number of nitrogens with zero attached hydrogens (tertiary/aromatic N) is 1. The van der Waals surface area contributed by atoms with Gasteiger partial charge in [0.15, 0.2) is 0 Å². The first kappa shape index (κ1) is 12.6. The highest BCUT2D eigenvalue weighted by molar-refractivity contribution is 5.82. The average molecular weight is 246 g/mol. The van der Waals surface area contributed by atoms with Crippen molar-refractivity contribution < 1.29 is 9.90 Å². The molecule has 0 saturated heterocycles. The third-order valence-electron chi connectivity index (χ3n) is 3.16. The van der Waals surface area contributed by atoms with E-state index in [1.807, 2.05) is 24.4 Å². The fourth-order valence-corrected chi connectivity index (χ4v) is 2.11. The minimum Gasteiger partial charge on any atom is -0.481 e. The van der Waals surface area contributed by atoms with Crippen LogP contribution in [0.3, 0.4) is 0 Å². The third-order valence-corrected chi connectivity index (χ3v) is 3.16. The van der Waals surface area contributed by atoms with E-state index in [2.05, 4.69) is 22.9 Å². The number of carboxylic acids is 1. The summed E-state index contributed by atoms with van der Waals surface area (Å²) in [5.74, 6) is -0.743. The first-order valence-corrected chi connectivity index (χ1v) is 6.20. The van der Waals surface area contributed by atoms with E-state index in [4.69, 9.17) is 5.11 Å². The molecule has 0 bridgehead atoms. The lowest BCUT2D eigenvalue weighted by Gasteiger charge is -2.18. The zero-order valence-corrected chi connectivity index (χ0v) is 10.5. The number of hydrogen-bond donors (Lipinski definition) is 2. The number of rotatable bonds is 6. The quantitative estimate of drug-likeness (QED) is 0.823. The predicted molar refractivity (Wildman–Crippen MR) is 71.5 cm³/mol. The Morgan fingerprint density at radius 1 is 1.39 bits per heavy atom. The maximum atomic E-state index is 10.6. The Kier molecular flexibility index (Phi) is 3.99. The number of carbonyl (C=O) groups is 1. The molecule has 4 nitrogen and oxygen atoms in total. The molecule has 2 rings (SSSR count). The van der Waals surface area contributed by atoms with Gasteiger partial charge in [0.2, 0.25) is 0 Å². The number of fused-ring (bicyclic) bond motifs is 1. The van der Waals surface area contributed by atoms with Gasteiger partial charge in [-0.2, -0.15) is 0 Å². The molecular formula is C14H18N2O2. The Morgan fingerprint density at radius 3 is 2.89 bits per heavy atom. The first-order chi connectivity index (χ1) is 8.70. The van der Waals surface area contributed by atoms with E-state index < -0.39 is 5.97 Å². The highest BCUT2D eigenvalue weighted by Crippen LogP contribution is 2.19. The van der Waals surface area contributed by atoms with Crippen molar-refractivity contribution in [3.05, 3.63) is 36.0 Å². The van der Waals surface area contributed by atoms with Crippen LogP contribution in [0.15, 0.2) is 30.5 Å². The lowest BCUT2D eigenvalue weighted by atomic mass is 10.1. The number of benzene rings is 1. The number of H-pyrrole nitrogens is 1. The van der Waals surface area contributed by atoms with Gasteiger partial charge in [-0.05, 0) is 18.2 Å². The molecule has 0 aliphatic heterocycles. The fourth-order valence-electron chi connectivity index (χ4n) is 2.11. The predicted octanol–water partition coefficient (Wildman–Crippen LogP) is 2.46. The topological polar surface area (TPSA) is 56.3 Å². The van der Waals surface area contributed by atoms with Gasteiger partial charge in [0.25, 0.3) is 0 Å². The number of aliphatic carboxylic acids is 1. The zero-order valence-electron chi connectivity index (χ0n) is 10.5. The van der Waals surface area contributed by atoms with Crippen molar-refractivity contribution in [2.75, 3.05) is 13.1 Å². The van der Waals surface area contributed by atoms with Crippen LogP contribution in [0.25, 0.3) is 10.9 Å². The van der Waals surface area contributed by atoms with Crippen LogP contribution in [0, 0.1) is 0 Å². The minimum atomic E-state index is -0.743. The van der Waals surface area contributed by atoms with E-state index in [0.29, 0.717) is 6.54 Å². The summed E-state index contributed by atoms with van der Waals surface area (Å²) in [6.07, 6.45) is 2.20. The minimum absolute atomic E-state index is 0.191. The summed E-state index contributed by atoms with van der Waals surface area (Å²) in [5, 5.41) is 9.94. The normalized spacial score (nSPS) is 11.2. The zero-order chi connectivity index (χ0) is 13.0. The molecular weight excluding hydrogens is 228 g/mol. The van der Waals surface area contributed by atoms with E-state index >= 15 is 0 Å². The van der Waals surface area contributed by atoms with Crippen molar-refractivity contribution in [1.82, 2.24) is 9.88 Å². The van der Waals surface area contributed by atoms with E-state index in [-0.39, 0.29) is 6.42 Å². The molecule has 1 aromatic carbocycles. The summed E-state index contributed by atoms with van der Waals surface area (Å²) in [5.41, 5.74) is 2.35. The molecule has 1 aromatic heterocycles. The lowest BCUT2D eigenvalue weighted by Crippen LogP contribution is -2.25. The van der Waals surface area contributed by atoms with Crippen LogP contribution in [-0.4, -0.2) is 34.0 Å².